The van der Waals surface area contributed by atoms with E-state index in [2.05, 4.69) is 28.9 Å². The number of anilines is 1. The average Bonchev–Trinajstić information content (AvgIpc) is 2.47. The van der Waals surface area contributed by atoms with Crippen LogP contribution in [0.5, 0.6) is 0 Å². The Bertz CT molecular complexity index is 235. The molecule has 0 amide bonds. The Hall–Kier alpha value is -0.330. The Balaban J connectivity index is 2.50. The summed E-state index contributed by atoms with van der Waals surface area (Å²) >= 11 is 3.12. The summed E-state index contributed by atoms with van der Waals surface area (Å²) in [5.41, 5.74) is 3.53. The van der Waals surface area contributed by atoms with Crippen LogP contribution in [0.3, 0.4) is 0 Å². The van der Waals surface area contributed by atoms with Crippen LogP contribution >= 0.6 is 23.3 Å². The Morgan fingerprint density at radius 1 is 1.67 bits per heavy atom. The van der Waals surface area contributed by atoms with Crippen molar-refractivity contribution in [1.29, 1.82) is 0 Å². The van der Waals surface area contributed by atoms with Gasteiger partial charge in [0.15, 0.2) is 0 Å². The smallest absolute Gasteiger partial charge is 0.148 e. The van der Waals surface area contributed by atoms with Gasteiger partial charge in [0.25, 0.3) is 0 Å². The number of rotatable bonds is 4. The van der Waals surface area contributed by atoms with Crippen molar-refractivity contribution in [3.63, 3.8) is 0 Å². The number of nitrogens with zero attached hydrogens (tertiary/aromatic N) is 2. The molecule has 0 spiro atoms. The third-order valence-corrected chi connectivity index (χ3v) is 3.05. The van der Waals surface area contributed by atoms with Gasteiger partial charge in [0.2, 0.25) is 0 Å². The second-order valence-corrected chi connectivity index (χ2v) is 4.87. The van der Waals surface area contributed by atoms with Crippen LogP contribution in [0.25, 0.3) is 0 Å². The number of nitrogens with two attached hydrogens (primary N) is 1. The van der Waals surface area contributed by atoms with Crippen molar-refractivity contribution in [2.45, 2.75) is 24.9 Å². The van der Waals surface area contributed by atoms with Gasteiger partial charge in [-0.05, 0) is 5.25 Å². The predicted octanol–water partition coefficient (Wildman–Crippen LogP) is 1.47. The van der Waals surface area contributed by atoms with Crippen LogP contribution < -0.4 is 11.3 Å². The number of hydrogen-bond acceptors (Lipinski definition) is 6. The number of aromatic nitrogens is 2. The summed E-state index contributed by atoms with van der Waals surface area (Å²) in [5.74, 6) is 6.14. The van der Waals surface area contributed by atoms with Gasteiger partial charge >= 0.3 is 0 Å². The molecule has 6 heteroatoms. The third-order valence-electron chi connectivity index (χ3n) is 1.24. The maximum atomic E-state index is 5.27. The normalized spacial score (nSPS) is 10.7. The topological polar surface area (TPSA) is 63.8 Å². The minimum absolute atomic E-state index is 0.609. The van der Waals surface area contributed by atoms with Crippen LogP contribution in [0.2, 0.25) is 0 Å². The Morgan fingerprint density at radius 3 is 3.00 bits per heavy atom. The first kappa shape index (κ1) is 9.76. The molecule has 0 fully saturated rings. The molecule has 68 valence electrons. The molecule has 0 aliphatic carbocycles. The fourth-order valence-corrected chi connectivity index (χ4v) is 1.94. The number of thioether (sulfide) groups is 1. The lowest BCUT2D eigenvalue weighted by molar-refractivity contribution is 1.06. The minimum atomic E-state index is 0.609. The summed E-state index contributed by atoms with van der Waals surface area (Å²) < 4.78 is 3.81. The van der Waals surface area contributed by atoms with Crippen molar-refractivity contribution < 1.29 is 0 Å². The molecule has 0 bridgehead atoms. The van der Waals surface area contributed by atoms with E-state index in [9.17, 15) is 0 Å². The fraction of sp³-hybridized carbons (Fsp3) is 0.667. The molecule has 0 aromatic carbocycles. The highest BCUT2D eigenvalue weighted by atomic mass is 32.2. The molecule has 12 heavy (non-hydrogen) atoms. The molecule has 0 radical (unpaired) electrons. The summed E-state index contributed by atoms with van der Waals surface area (Å²) in [6.45, 7) is 4.31. The van der Waals surface area contributed by atoms with E-state index in [0.29, 0.717) is 5.25 Å². The first-order valence-corrected chi connectivity index (χ1v) is 5.45. The Kier molecular flexibility index (Phi) is 3.77. The van der Waals surface area contributed by atoms with Crippen molar-refractivity contribution in [2.75, 3.05) is 5.43 Å². The van der Waals surface area contributed by atoms with Crippen molar-refractivity contribution in [3.05, 3.63) is 5.69 Å². The molecular formula is C6H12N4S2. The van der Waals surface area contributed by atoms with Crippen molar-refractivity contribution >= 4 is 28.3 Å². The van der Waals surface area contributed by atoms with Crippen LogP contribution in [0.4, 0.5) is 5.00 Å². The molecule has 0 unspecified atom stereocenters. The molecule has 3 N–H and O–H groups in total. The van der Waals surface area contributed by atoms with Gasteiger partial charge < -0.3 is 5.43 Å². The van der Waals surface area contributed by atoms with Gasteiger partial charge in [0.05, 0.1) is 0 Å². The lowest BCUT2D eigenvalue weighted by Gasteiger charge is -2.02. The zero-order chi connectivity index (χ0) is 8.97. The zero-order valence-corrected chi connectivity index (χ0v) is 8.71. The van der Waals surface area contributed by atoms with E-state index in [1.54, 1.807) is 0 Å². The lowest BCUT2D eigenvalue weighted by Crippen LogP contribution is -2.07. The van der Waals surface area contributed by atoms with E-state index in [1.165, 1.54) is 11.5 Å². The molecule has 0 aliphatic rings. The number of nitrogen functional groups attached to an aromatic ring is 1. The molecule has 0 saturated heterocycles. The summed E-state index contributed by atoms with van der Waals surface area (Å²) in [4.78, 5) is 0. The minimum Gasteiger partial charge on any atom is -0.313 e. The first-order valence-electron chi connectivity index (χ1n) is 3.63. The van der Waals surface area contributed by atoms with Crippen molar-refractivity contribution in [1.82, 2.24) is 9.59 Å². The monoisotopic (exact) mass is 204 g/mol. The van der Waals surface area contributed by atoms with E-state index < -0.39 is 0 Å². The Labute approximate surface area is 80.1 Å². The van der Waals surface area contributed by atoms with E-state index >= 15 is 0 Å². The maximum absolute atomic E-state index is 5.27. The summed E-state index contributed by atoms with van der Waals surface area (Å²) in [5, 5.41) is 5.44. The van der Waals surface area contributed by atoms with Gasteiger partial charge in [0, 0.05) is 17.3 Å². The van der Waals surface area contributed by atoms with Crippen LogP contribution in [-0.2, 0) is 5.75 Å². The van der Waals surface area contributed by atoms with Gasteiger partial charge in [-0.15, -0.1) is 5.10 Å². The molecule has 1 aromatic heterocycles. The average molecular weight is 204 g/mol. The fourth-order valence-electron chi connectivity index (χ4n) is 0.658. The summed E-state index contributed by atoms with van der Waals surface area (Å²) in [6, 6.07) is 0. The Morgan fingerprint density at radius 2 is 2.42 bits per heavy atom. The molecule has 0 saturated carbocycles. The first-order chi connectivity index (χ1) is 5.74. The molecule has 0 atom stereocenters. The quantitative estimate of drug-likeness (QED) is 0.574. The van der Waals surface area contributed by atoms with Crippen molar-refractivity contribution in [3.8, 4) is 0 Å². The van der Waals surface area contributed by atoms with E-state index in [-0.39, 0.29) is 0 Å². The van der Waals surface area contributed by atoms with Crippen LogP contribution in [0.15, 0.2) is 0 Å². The summed E-state index contributed by atoms with van der Waals surface area (Å²) in [6.07, 6.45) is 0. The second-order valence-electron chi connectivity index (χ2n) is 2.55. The number of hydrogen-bond donors (Lipinski definition) is 2. The van der Waals surface area contributed by atoms with Gasteiger partial charge in [-0.25, -0.2) is 5.84 Å². The van der Waals surface area contributed by atoms with Crippen molar-refractivity contribution in [2.24, 2.45) is 5.84 Å². The van der Waals surface area contributed by atoms with Gasteiger partial charge in [0.1, 0.15) is 10.7 Å². The maximum Gasteiger partial charge on any atom is 0.148 e. The molecule has 1 heterocycles. The highest BCUT2D eigenvalue weighted by Gasteiger charge is 2.06. The third kappa shape index (κ3) is 2.62. The second kappa shape index (κ2) is 4.64. The number of nitrogens with one attached hydrogen (secondary N) is 1. The highest BCUT2D eigenvalue weighted by molar-refractivity contribution is 7.99. The van der Waals surface area contributed by atoms with Gasteiger partial charge in [-0.3, -0.25) is 0 Å². The predicted molar refractivity (Wildman–Crippen MR) is 54.2 cm³/mol. The summed E-state index contributed by atoms with van der Waals surface area (Å²) in [7, 11) is 0. The van der Waals surface area contributed by atoms with Crippen LogP contribution in [0.1, 0.15) is 19.5 Å². The molecule has 0 aliphatic heterocycles. The lowest BCUT2D eigenvalue weighted by atomic mass is 10.5. The molecule has 1 aromatic rings. The molecule has 4 nitrogen and oxygen atoms in total. The standard InChI is InChI=1S/C6H12N4S2/c1-4(2)11-3-5-6(8-7)12-10-9-5/h4,8H,3,7H2,1-2H3. The van der Waals surface area contributed by atoms with E-state index in [0.717, 1.165) is 16.4 Å². The van der Waals surface area contributed by atoms with Crippen LogP contribution in [0, 0.1) is 0 Å². The molecule has 1 rings (SSSR count). The van der Waals surface area contributed by atoms with E-state index in [1.807, 2.05) is 11.8 Å². The van der Waals surface area contributed by atoms with E-state index in [4.69, 9.17) is 5.84 Å². The van der Waals surface area contributed by atoms with Gasteiger partial charge in [-0.2, -0.15) is 11.8 Å². The van der Waals surface area contributed by atoms with Gasteiger partial charge in [-0.1, -0.05) is 18.3 Å². The zero-order valence-electron chi connectivity index (χ0n) is 7.07. The SMILES string of the molecule is CC(C)SCc1nnsc1NN. The van der Waals surface area contributed by atoms with Crippen LogP contribution in [-0.4, -0.2) is 14.8 Å². The molecular weight excluding hydrogens is 192 g/mol. The number of hydrazine groups is 1. The largest absolute Gasteiger partial charge is 0.313 e. The highest BCUT2D eigenvalue weighted by Crippen LogP contribution is 2.23.